The minimum atomic E-state index is -3.39. The van der Waals surface area contributed by atoms with Crippen LogP contribution in [0.4, 0.5) is 0 Å². The van der Waals surface area contributed by atoms with Crippen LogP contribution >= 0.6 is 0 Å². The largest absolute Gasteiger partial charge is 0.314 e. The zero-order valence-corrected chi connectivity index (χ0v) is 10.7. The molecule has 1 aromatic heterocycles. The Hall–Kier alpha value is -0.920. The predicted molar refractivity (Wildman–Crippen MR) is 64.0 cm³/mol. The van der Waals surface area contributed by atoms with E-state index in [-0.39, 0.29) is 4.90 Å². The van der Waals surface area contributed by atoms with Crippen LogP contribution in [0, 0.1) is 0 Å². The summed E-state index contributed by atoms with van der Waals surface area (Å²) in [6, 6.07) is 0.451. The number of nitrogens with zero attached hydrogens (tertiary/aromatic N) is 2. The van der Waals surface area contributed by atoms with Gasteiger partial charge in [0.05, 0.1) is 6.20 Å². The summed E-state index contributed by atoms with van der Waals surface area (Å²) in [7, 11) is -1.70. The minimum absolute atomic E-state index is 0.222. The predicted octanol–water partition coefficient (Wildman–Crippen LogP) is -0.159. The Bertz CT molecular complexity index is 462. The number of sulfonamides is 1. The van der Waals surface area contributed by atoms with E-state index < -0.39 is 10.0 Å². The lowest BCUT2D eigenvalue weighted by Crippen LogP contribution is -2.30. The number of nitrogens with one attached hydrogen (secondary N) is 2. The second-order valence-electron chi connectivity index (χ2n) is 4.33. The van der Waals surface area contributed by atoms with Gasteiger partial charge < -0.3 is 5.32 Å². The van der Waals surface area contributed by atoms with Gasteiger partial charge in [0.25, 0.3) is 0 Å². The Morgan fingerprint density at radius 2 is 2.47 bits per heavy atom. The molecule has 7 heteroatoms. The number of hydrogen-bond donors (Lipinski definition) is 2. The molecule has 2 rings (SSSR count). The lowest BCUT2D eigenvalue weighted by Gasteiger charge is -2.10. The number of aryl methyl sites for hydroxylation is 1. The Kier molecular flexibility index (Phi) is 3.80. The van der Waals surface area contributed by atoms with Crippen LogP contribution in [-0.2, 0) is 17.1 Å². The van der Waals surface area contributed by atoms with E-state index in [1.807, 2.05) is 0 Å². The third-order valence-corrected chi connectivity index (χ3v) is 4.35. The van der Waals surface area contributed by atoms with E-state index in [2.05, 4.69) is 15.1 Å². The van der Waals surface area contributed by atoms with Gasteiger partial charge in [0.15, 0.2) is 0 Å². The summed E-state index contributed by atoms with van der Waals surface area (Å²) >= 11 is 0. The van der Waals surface area contributed by atoms with E-state index in [0.717, 1.165) is 19.4 Å². The van der Waals surface area contributed by atoms with Gasteiger partial charge >= 0.3 is 0 Å². The Morgan fingerprint density at radius 1 is 1.65 bits per heavy atom. The highest BCUT2D eigenvalue weighted by atomic mass is 32.2. The molecule has 2 N–H and O–H groups in total. The molecule has 0 spiro atoms. The average Bonchev–Trinajstić information content (AvgIpc) is 2.89. The normalized spacial score (nSPS) is 20.9. The van der Waals surface area contributed by atoms with Crippen molar-refractivity contribution in [1.82, 2.24) is 19.8 Å². The quantitative estimate of drug-likeness (QED) is 0.769. The van der Waals surface area contributed by atoms with Crippen molar-refractivity contribution < 1.29 is 8.42 Å². The fourth-order valence-electron chi connectivity index (χ4n) is 1.99. The molecule has 0 unspecified atom stereocenters. The molecule has 17 heavy (non-hydrogen) atoms. The maximum absolute atomic E-state index is 11.8. The van der Waals surface area contributed by atoms with Gasteiger partial charge in [-0.3, -0.25) is 4.68 Å². The molecule has 1 atom stereocenters. The Morgan fingerprint density at radius 3 is 3.06 bits per heavy atom. The minimum Gasteiger partial charge on any atom is -0.314 e. The second-order valence-corrected chi connectivity index (χ2v) is 6.10. The van der Waals surface area contributed by atoms with Crippen molar-refractivity contribution in [3.05, 3.63) is 12.4 Å². The Balaban J connectivity index is 1.85. The third kappa shape index (κ3) is 3.27. The first kappa shape index (κ1) is 12.5. The molecule has 6 nitrogen and oxygen atoms in total. The molecule has 0 radical (unpaired) electrons. The highest BCUT2D eigenvalue weighted by Crippen LogP contribution is 2.09. The lowest BCUT2D eigenvalue weighted by atomic mass is 10.2. The topological polar surface area (TPSA) is 76.0 Å². The molecule has 1 saturated heterocycles. The molecule has 1 aromatic rings. The van der Waals surface area contributed by atoms with Gasteiger partial charge in [0.1, 0.15) is 4.90 Å². The standard InChI is InChI=1S/C10H18N4O2S/c1-14-8-10(7-12-14)17(15,16)13-6-4-9-3-2-5-11-9/h7-9,11,13H,2-6H2,1H3/t9-/m0/s1. The van der Waals surface area contributed by atoms with Crippen molar-refractivity contribution in [3.63, 3.8) is 0 Å². The fourth-order valence-corrected chi connectivity index (χ4v) is 3.02. The highest BCUT2D eigenvalue weighted by Gasteiger charge is 2.18. The van der Waals surface area contributed by atoms with E-state index in [1.54, 1.807) is 7.05 Å². The van der Waals surface area contributed by atoms with Crippen LogP contribution in [0.3, 0.4) is 0 Å². The molecule has 0 amide bonds. The first-order chi connectivity index (χ1) is 8.08. The Labute approximate surface area is 101 Å². The van der Waals surface area contributed by atoms with Crippen LogP contribution in [0.2, 0.25) is 0 Å². The summed E-state index contributed by atoms with van der Waals surface area (Å²) in [6.45, 7) is 1.51. The van der Waals surface area contributed by atoms with E-state index in [1.165, 1.54) is 23.5 Å². The van der Waals surface area contributed by atoms with Crippen molar-refractivity contribution in [2.24, 2.45) is 7.05 Å². The van der Waals surface area contributed by atoms with Gasteiger partial charge in [-0.1, -0.05) is 0 Å². The zero-order valence-electron chi connectivity index (χ0n) is 9.89. The summed E-state index contributed by atoms with van der Waals surface area (Å²) in [6.07, 6.45) is 6.00. The van der Waals surface area contributed by atoms with Gasteiger partial charge in [-0.05, 0) is 25.8 Å². The van der Waals surface area contributed by atoms with Crippen molar-refractivity contribution in [2.75, 3.05) is 13.1 Å². The van der Waals surface area contributed by atoms with E-state index in [9.17, 15) is 8.42 Å². The van der Waals surface area contributed by atoms with E-state index in [0.29, 0.717) is 12.6 Å². The third-order valence-electron chi connectivity index (χ3n) is 2.94. The lowest BCUT2D eigenvalue weighted by molar-refractivity contribution is 0.539. The number of hydrogen-bond acceptors (Lipinski definition) is 4. The monoisotopic (exact) mass is 258 g/mol. The molecule has 1 aliphatic rings. The van der Waals surface area contributed by atoms with Crippen molar-refractivity contribution in [2.45, 2.75) is 30.2 Å². The van der Waals surface area contributed by atoms with Crippen LogP contribution in [0.15, 0.2) is 17.3 Å². The highest BCUT2D eigenvalue weighted by molar-refractivity contribution is 7.89. The molecular formula is C10H18N4O2S. The van der Waals surface area contributed by atoms with Crippen LogP contribution in [0.25, 0.3) is 0 Å². The molecule has 2 heterocycles. The second kappa shape index (κ2) is 5.16. The summed E-state index contributed by atoms with van der Waals surface area (Å²) in [5.74, 6) is 0. The maximum Gasteiger partial charge on any atom is 0.243 e. The number of aromatic nitrogens is 2. The first-order valence-corrected chi connectivity index (χ1v) is 7.28. The van der Waals surface area contributed by atoms with Crippen LogP contribution < -0.4 is 10.0 Å². The molecule has 0 bridgehead atoms. The summed E-state index contributed by atoms with van der Waals surface area (Å²) in [5.41, 5.74) is 0. The van der Waals surface area contributed by atoms with E-state index >= 15 is 0 Å². The first-order valence-electron chi connectivity index (χ1n) is 5.79. The molecule has 0 aromatic carbocycles. The van der Waals surface area contributed by atoms with Crippen LogP contribution in [-0.4, -0.2) is 37.3 Å². The van der Waals surface area contributed by atoms with Gasteiger partial charge in [-0.15, -0.1) is 0 Å². The zero-order chi connectivity index (χ0) is 12.3. The van der Waals surface area contributed by atoms with Crippen LogP contribution in [0.5, 0.6) is 0 Å². The SMILES string of the molecule is Cn1cc(S(=O)(=O)NCC[C@@H]2CCCN2)cn1. The fraction of sp³-hybridized carbons (Fsp3) is 0.700. The summed E-state index contributed by atoms with van der Waals surface area (Å²) in [4.78, 5) is 0.222. The van der Waals surface area contributed by atoms with Crippen molar-refractivity contribution >= 4 is 10.0 Å². The smallest absolute Gasteiger partial charge is 0.243 e. The molecule has 1 aliphatic heterocycles. The molecular weight excluding hydrogens is 240 g/mol. The van der Waals surface area contributed by atoms with Crippen molar-refractivity contribution in [3.8, 4) is 0 Å². The summed E-state index contributed by atoms with van der Waals surface area (Å²) in [5, 5.41) is 7.19. The average molecular weight is 258 g/mol. The van der Waals surface area contributed by atoms with Gasteiger partial charge in [0.2, 0.25) is 10.0 Å². The number of rotatable bonds is 5. The molecule has 0 saturated carbocycles. The van der Waals surface area contributed by atoms with Gasteiger partial charge in [-0.25, -0.2) is 13.1 Å². The van der Waals surface area contributed by atoms with Crippen LogP contribution in [0.1, 0.15) is 19.3 Å². The van der Waals surface area contributed by atoms with Gasteiger partial charge in [-0.2, -0.15) is 5.10 Å². The maximum atomic E-state index is 11.8. The molecule has 1 fully saturated rings. The molecule has 0 aliphatic carbocycles. The van der Waals surface area contributed by atoms with Crippen molar-refractivity contribution in [1.29, 1.82) is 0 Å². The summed E-state index contributed by atoms with van der Waals surface area (Å²) < 4.78 is 27.7. The van der Waals surface area contributed by atoms with E-state index in [4.69, 9.17) is 0 Å². The molecule has 96 valence electrons. The van der Waals surface area contributed by atoms with Gasteiger partial charge in [0, 0.05) is 25.8 Å².